The molecule has 1 N–H and O–H groups in total. The molecule has 172 valence electrons. The van der Waals surface area contributed by atoms with Gasteiger partial charge in [0.2, 0.25) is 0 Å². The number of esters is 1. The van der Waals surface area contributed by atoms with Crippen LogP contribution in [0.15, 0.2) is 77.6 Å². The normalized spacial score (nSPS) is 14.3. The summed E-state index contributed by atoms with van der Waals surface area (Å²) >= 11 is 0. The zero-order valence-electron chi connectivity index (χ0n) is 18.4. The fourth-order valence-corrected chi connectivity index (χ4v) is 4.08. The molecule has 5 rings (SSSR count). The van der Waals surface area contributed by atoms with Gasteiger partial charge >= 0.3 is 5.97 Å². The quantitative estimate of drug-likeness (QED) is 0.364. The number of nitrogens with one attached hydrogen (secondary N) is 1. The second-order valence-corrected chi connectivity index (χ2v) is 8.19. The van der Waals surface area contributed by atoms with Crippen molar-refractivity contribution in [2.45, 2.75) is 6.54 Å². The smallest absolute Gasteiger partial charge is 0.343 e. The number of benzene rings is 3. The molecule has 7 nitrogen and oxygen atoms in total. The Morgan fingerprint density at radius 1 is 0.971 bits per heavy atom. The van der Waals surface area contributed by atoms with Crippen LogP contribution in [0.3, 0.4) is 0 Å². The lowest BCUT2D eigenvalue weighted by molar-refractivity contribution is 0.0735. The molecule has 2 heterocycles. The van der Waals surface area contributed by atoms with E-state index in [1.54, 1.807) is 12.1 Å². The van der Waals surface area contributed by atoms with Gasteiger partial charge in [0.25, 0.3) is 5.56 Å². The van der Waals surface area contributed by atoms with Gasteiger partial charge in [-0.15, -0.1) is 0 Å². The number of hydrogen-bond donors (Lipinski definition) is 1. The highest BCUT2D eigenvalue weighted by molar-refractivity contribution is 5.91. The molecule has 0 unspecified atom stereocenters. The van der Waals surface area contributed by atoms with Gasteiger partial charge in [0, 0.05) is 37.9 Å². The highest BCUT2D eigenvalue weighted by Crippen LogP contribution is 2.23. The summed E-state index contributed by atoms with van der Waals surface area (Å²) in [4.78, 5) is 36.6. The first kappa shape index (κ1) is 21.8. The Kier molecular flexibility index (Phi) is 6.05. The van der Waals surface area contributed by atoms with Gasteiger partial charge in [-0.25, -0.2) is 14.2 Å². The van der Waals surface area contributed by atoms with E-state index < -0.39 is 11.8 Å². The number of aromatic nitrogens is 2. The van der Waals surface area contributed by atoms with Crippen LogP contribution >= 0.6 is 0 Å². The molecule has 0 amide bonds. The Morgan fingerprint density at radius 3 is 2.53 bits per heavy atom. The number of ether oxygens (including phenoxy) is 1. The van der Waals surface area contributed by atoms with Crippen molar-refractivity contribution in [3.05, 3.63) is 100 Å². The maximum absolute atomic E-state index is 13.1. The predicted octanol–water partition coefficient (Wildman–Crippen LogP) is 3.60. The first-order chi connectivity index (χ1) is 16.5. The lowest BCUT2D eigenvalue weighted by Crippen LogP contribution is -2.46. The van der Waals surface area contributed by atoms with Crippen LogP contribution in [0, 0.1) is 5.82 Å². The van der Waals surface area contributed by atoms with Gasteiger partial charge in [-0.2, -0.15) is 0 Å². The van der Waals surface area contributed by atoms with Gasteiger partial charge < -0.3 is 14.6 Å². The number of nitrogens with zero attached hydrogens (tertiary/aromatic N) is 3. The molecule has 1 aliphatic rings. The lowest BCUT2D eigenvalue weighted by Gasteiger charge is -2.35. The Hall–Kier alpha value is -4.04. The first-order valence-electron chi connectivity index (χ1n) is 11.1. The van der Waals surface area contributed by atoms with Gasteiger partial charge in [-0.3, -0.25) is 9.69 Å². The van der Waals surface area contributed by atoms with Crippen LogP contribution in [0.1, 0.15) is 16.2 Å². The molecule has 0 aliphatic carbocycles. The van der Waals surface area contributed by atoms with Crippen molar-refractivity contribution in [2.24, 2.45) is 0 Å². The summed E-state index contributed by atoms with van der Waals surface area (Å²) in [5, 5.41) is 0.594. The summed E-state index contributed by atoms with van der Waals surface area (Å²) in [6.45, 7) is 3.75. The minimum atomic E-state index is -0.529. The largest absolute Gasteiger partial charge is 0.423 e. The van der Waals surface area contributed by atoms with Crippen LogP contribution < -0.4 is 15.2 Å². The Bertz CT molecular complexity index is 1380. The fraction of sp³-hybridized carbons (Fsp3) is 0.192. The molecule has 4 aromatic rings. The zero-order chi connectivity index (χ0) is 23.5. The number of para-hydroxylation sites is 1. The van der Waals surface area contributed by atoms with Crippen molar-refractivity contribution < 1.29 is 13.9 Å². The first-order valence-corrected chi connectivity index (χ1v) is 11.1. The van der Waals surface area contributed by atoms with E-state index in [0.717, 1.165) is 31.9 Å². The summed E-state index contributed by atoms with van der Waals surface area (Å²) in [7, 11) is 0. The number of piperazine rings is 1. The van der Waals surface area contributed by atoms with E-state index in [2.05, 4.69) is 19.8 Å². The van der Waals surface area contributed by atoms with E-state index in [4.69, 9.17) is 4.74 Å². The summed E-state index contributed by atoms with van der Waals surface area (Å²) in [6.07, 6.45) is 0. The lowest BCUT2D eigenvalue weighted by atomic mass is 10.2. The number of carbonyl (C=O) groups is 1. The van der Waals surface area contributed by atoms with E-state index in [1.165, 1.54) is 24.3 Å². The summed E-state index contributed by atoms with van der Waals surface area (Å²) in [6, 6.07) is 20.0. The number of fused-ring (bicyclic) bond motifs is 1. The van der Waals surface area contributed by atoms with Crippen LogP contribution in [0.4, 0.5) is 10.1 Å². The molecule has 0 saturated carbocycles. The van der Waals surface area contributed by atoms with Crippen molar-refractivity contribution in [3.63, 3.8) is 0 Å². The predicted molar refractivity (Wildman–Crippen MR) is 128 cm³/mol. The average Bonchev–Trinajstić information content (AvgIpc) is 2.85. The third kappa shape index (κ3) is 4.82. The van der Waals surface area contributed by atoms with E-state index in [-0.39, 0.29) is 5.56 Å². The molecule has 0 radical (unpaired) electrons. The highest BCUT2D eigenvalue weighted by atomic mass is 19.1. The fourth-order valence-electron chi connectivity index (χ4n) is 4.08. The van der Waals surface area contributed by atoms with Gasteiger partial charge in [0.1, 0.15) is 17.4 Å². The van der Waals surface area contributed by atoms with Gasteiger partial charge in [0.15, 0.2) is 0 Å². The van der Waals surface area contributed by atoms with Crippen LogP contribution in [0.25, 0.3) is 10.9 Å². The summed E-state index contributed by atoms with van der Waals surface area (Å²) < 4.78 is 18.6. The maximum Gasteiger partial charge on any atom is 0.343 e. The highest BCUT2D eigenvalue weighted by Gasteiger charge is 2.19. The number of rotatable bonds is 5. The van der Waals surface area contributed by atoms with Gasteiger partial charge in [0.05, 0.1) is 23.0 Å². The number of aromatic amines is 1. The Morgan fingerprint density at radius 2 is 1.74 bits per heavy atom. The number of carbonyl (C=O) groups excluding carboxylic acids is 1. The second-order valence-electron chi connectivity index (χ2n) is 8.19. The third-order valence-electron chi connectivity index (χ3n) is 5.88. The maximum atomic E-state index is 13.1. The molecule has 0 spiro atoms. The van der Waals surface area contributed by atoms with Crippen molar-refractivity contribution in [1.29, 1.82) is 0 Å². The molecule has 0 bridgehead atoms. The molecule has 34 heavy (non-hydrogen) atoms. The van der Waals surface area contributed by atoms with Gasteiger partial charge in [-0.1, -0.05) is 18.2 Å². The van der Waals surface area contributed by atoms with Crippen LogP contribution in [0.2, 0.25) is 0 Å². The topological polar surface area (TPSA) is 78.5 Å². The van der Waals surface area contributed by atoms with E-state index in [0.29, 0.717) is 34.6 Å². The van der Waals surface area contributed by atoms with E-state index in [1.807, 2.05) is 36.4 Å². The standard InChI is InChI=1S/C26H23FN4O3/c27-19-10-8-18(9-11-19)26(33)34-21-5-3-4-20(16-21)31-14-12-30(13-15-31)17-24-28-23-7-2-1-6-22(23)25(32)29-24/h1-11,16H,12-15,17H2,(H,28,29,32). The molecule has 1 saturated heterocycles. The molecule has 0 atom stereocenters. The van der Waals surface area contributed by atoms with Crippen LogP contribution in [-0.4, -0.2) is 47.0 Å². The molecule has 3 aromatic carbocycles. The van der Waals surface area contributed by atoms with Crippen molar-refractivity contribution >= 4 is 22.6 Å². The molecule has 1 aliphatic heterocycles. The minimum Gasteiger partial charge on any atom is -0.423 e. The summed E-state index contributed by atoms with van der Waals surface area (Å²) in [5.41, 5.74) is 1.83. The molecular weight excluding hydrogens is 435 g/mol. The monoisotopic (exact) mass is 458 g/mol. The molecule has 8 heteroatoms. The number of halogens is 1. The molecule has 1 aromatic heterocycles. The number of hydrogen-bond acceptors (Lipinski definition) is 6. The Balaban J connectivity index is 1.21. The van der Waals surface area contributed by atoms with Crippen LogP contribution in [0.5, 0.6) is 5.75 Å². The van der Waals surface area contributed by atoms with Gasteiger partial charge in [-0.05, 0) is 48.5 Å². The van der Waals surface area contributed by atoms with Crippen LogP contribution in [-0.2, 0) is 6.54 Å². The average molecular weight is 458 g/mol. The minimum absolute atomic E-state index is 0.119. The SMILES string of the molecule is O=C(Oc1cccc(N2CCN(Cc3nc4ccccc4c(=O)[nH]3)CC2)c1)c1ccc(F)cc1. The molecular formula is C26H23FN4O3. The van der Waals surface area contributed by atoms with Crippen molar-refractivity contribution in [2.75, 3.05) is 31.1 Å². The second kappa shape index (κ2) is 9.44. The van der Waals surface area contributed by atoms with Crippen molar-refractivity contribution in [3.8, 4) is 5.75 Å². The van der Waals surface area contributed by atoms with Crippen molar-refractivity contribution in [1.82, 2.24) is 14.9 Å². The molecule has 1 fully saturated rings. The zero-order valence-corrected chi connectivity index (χ0v) is 18.4. The third-order valence-corrected chi connectivity index (χ3v) is 5.88. The Labute approximate surface area is 195 Å². The summed E-state index contributed by atoms with van der Waals surface area (Å²) in [5.74, 6) is 0.165. The van der Waals surface area contributed by atoms with E-state index in [9.17, 15) is 14.0 Å². The number of H-pyrrole nitrogens is 1. The number of anilines is 1. The van der Waals surface area contributed by atoms with E-state index >= 15 is 0 Å².